The molecule has 0 atom stereocenters. The summed E-state index contributed by atoms with van der Waals surface area (Å²) in [5.41, 5.74) is 0.271. The fourth-order valence-electron chi connectivity index (χ4n) is 1.93. The zero-order valence-electron chi connectivity index (χ0n) is 12.1. The molecule has 0 aliphatic carbocycles. The number of esters is 1. The number of nitrogens with zero attached hydrogens (tertiary/aromatic N) is 2. The number of rotatable bonds is 6. The van der Waals surface area contributed by atoms with Crippen LogP contribution in [0.5, 0.6) is 5.75 Å². The predicted molar refractivity (Wildman–Crippen MR) is 76.6 cm³/mol. The summed E-state index contributed by atoms with van der Waals surface area (Å²) in [5, 5.41) is 11.9. The zero-order chi connectivity index (χ0) is 16.1. The highest BCUT2D eigenvalue weighted by Gasteiger charge is 2.22. The lowest BCUT2D eigenvalue weighted by molar-refractivity contribution is -0.384. The Morgan fingerprint density at radius 1 is 1.27 bits per heavy atom. The first-order valence-corrected chi connectivity index (χ1v) is 6.32. The number of pyridine rings is 1. The van der Waals surface area contributed by atoms with Gasteiger partial charge in [-0.25, -0.2) is 4.98 Å². The minimum atomic E-state index is -0.567. The van der Waals surface area contributed by atoms with Crippen LogP contribution in [0.25, 0.3) is 10.9 Å². The van der Waals surface area contributed by atoms with Gasteiger partial charge < -0.3 is 14.2 Å². The molecule has 1 aromatic heterocycles. The number of nitro groups is 1. The molecule has 0 fully saturated rings. The van der Waals surface area contributed by atoms with Gasteiger partial charge in [0.15, 0.2) is 12.3 Å². The van der Waals surface area contributed by atoms with E-state index >= 15 is 0 Å². The Labute approximate surface area is 125 Å². The summed E-state index contributed by atoms with van der Waals surface area (Å²) in [5.74, 6) is -0.414. The molecular formula is C14H14N2O6. The summed E-state index contributed by atoms with van der Waals surface area (Å²) >= 11 is 0. The summed E-state index contributed by atoms with van der Waals surface area (Å²) in [4.78, 5) is 26.3. The first-order valence-electron chi connectivity index (χ1n) is 6.32. The number of hydrogen-bond acceptors (Lipinski definition) is 7. The van der Waals surface area contributed by atoms with Crippen LogP contribution in [0.1, 0.15) is 5.69 Å². The molecule has 0 aliphatic rings. The van der Waals surface area contributed by atoms with Gasteiger partial charge in [0.2, 0.25) is 5.75 Å². The first-order chi connectivity index (χ1) is 10.6. The van der Waals surface area contributed by atoms with Crippen molar-refractivity contribution in [1.82, 2.24) is 4.98 Å². The van der Waals surface area contributed by atoms with E-state index in [4.69, 9.17) is 9.47 Å². The molecule has 116 valence electrons. The van der Waals surface area contributed by atoms with E-state index in [9.17, 15) is 14.9 Å². The summed E-state index contributed by atoms with van der Waals surface area (Å²) < 4.78 is 14.5. The molecule has 1 aromatic carbocycles. The highest BCUT2D eigenvalue weighted by Crippen LogP contribution is 2.34. The van der Waals surface area contributed by atoms with Crippen LogP contribution in [0.2, 0.25) is 0 Å². The van der Waals surface area contributed by atoms with Gasteiger partial charge in [-0.2, -0.15) is 0 Å². The lowest BCUT2D eigenvalue weighted by Gasteiger charge is -2.08. The summed E-state index contributed by atoms with van der Waals surface area (Å²) in [7, 11) is 2.68. The maximum Gasteiger partial charge on any atom is 0.336 e. The molecule has 0 amide bonds. The largest absolute Gasteiger partial charge is 0.469 e. The van der Waals surface area contributed by atoms with Crippen molar-refractivity contribution < 1.29 is 23.9 Å². The molecule has 0 spiro atoms. The van der Waals surface area contributed by atoms with Gasteiger partial charge in [0.25, 0.3) is 0 Å². The van der Waals surface area contributed by atoms with Gasteiger partial charge in [0, 0.05) is 12.5 Å². The Hall–Kier alpha value is -2.74. The summed E-state index contributed by atoms with van der Waals surface area (Å²) in [6.45, 7) is -0.117. The number of methoxy groups -OCH3 is 2. The van der Waals surface area contributed by atoms with Gasteiger partial charge in [-0.1, -0.05) is 6.07 Å². The molecule has 2 aromatic rings. The van der Waals surface area contributed by atoms with E-state index in [1.54, 1.807) is 18.2 Å². The second-order valence-electron chi connectivity index (χ2n) is 4.35. The standard InChI is InChI=1S/C14H14N2O6/c1-20-8-22-11-6-4-9-3-5-10(7-12(17)21-2)15-13(9)14(11)16(18)19/h3-6H,7-8H2,1-2H3. The van der Waals surface area contributed by atoms with Gasteiger partial charge >= 0.3 is 11.7 Å². The van der Waals surface area contributed by atoms with E-state index < -0.39 is 10.9 Å². The first kappa shape index (κ1) is 15.6. The third-order valence-corrected chi connectivity index (χ3v) is 2.92. The Bertz CT molecular complexity index is 716. The topological polar surface area (TPSA) is 101 Å². The SMILES string of the molecule is COCOc1ccc2ccc(CC(=O)OC)nc2c1[N+](=O)[O-]. The van der Waals surface area contributed by atoms with Crippen LogP contribution >= 0.6 is 0 Å². The van der Waals surface area contributed by atoms with Crippen molar-refractivity contribution in [2.75, 3.05) is 21.0 Å². The number of fused-ring (bicyclic) bond motifs is 1. The molecule has 0 saturated carbocycles. The van der Waals surface area contributed by atoms with E-state index in [2.05, 4.69) is 9.72 Å². The molecule has 8 heteroatoms. The van der Waals surface area contributed by atoms with Crippen LogP contribution < -0.4 is 4.74 Å². The highest BCUT2D eigenvalue weighted by atomic mass is 16.7. The van der Waals surface area contributed by atoms with Crippen molar-refractivity contribution in [3.05, 3.63) is 40.1 Å². The maximum absolute atomic E-state index is 11.3. The van der Waals surface area contributed by atoms with Crippen molar-refractivity contribution in [2.24, 2.45) is 0 Å². The number of hydrogen-bond donors (Lipinski definition) is 0. The molecule has 1 heterocycles. The van der Waals surface area contributed by atoms with Gasteiger partial charge in [0.1, 0.15) is 0 Å². The lowest BCUT2D eigenvalue weighted by Crippen LogP contribution is -2.07. The molecule has 2 rings (SSSR count). The minimum Gasteiger partial charge on any atom is -0.469 e. The van der Waals surface area contributed by atoms with Crippen molar-refractivity contribution >= 4 is 22.6 Å². The quantitative estimate of drug-likeness (QED) is 0.347. The van der Waals surface area contributed by atoms with Gasteiger partial charge in [-0.15, -0.1) is 0 Å². The molecule has 0 unspecified atom stereocenters. The molecule has 22 heavy (non-hydrogen) atoms. The second kappa shape index (κ2) is 6.81. The number of carbonyl (C=O) groups is 1. The Balaban J connectivity index is 2.53. The van der Waals surface area contributed by atoms with Crippen LogP contribution in [0.15, 0.2) is 24.3 Å². The van der Waals surface area contributed by atoms with Crippen LogP contribution in [0, 0.1) is 10.1 Å². The Morgan fingerprint density at radius 2 is 2.00 bits per heavy atom. The fraction of sp³-hybridized carbons (Fsp3) is 0.286. The average molecular weight is 306 g/mol. The number of aromatic nitrogens is 1. The lowest BCUT2D eigenvalue weighted by atomic mass is 10.1. The normalized spacial score (nSPS) is 10.5. The third kappa shape index (κ3) is 3.29. The summed E-state index contributed by atoms with van der Waals surface area (Å²) in [6.07, 6.45) is -0.0627. The molecule has 0 bridgehead atoms. The molecular weight excluding hydrogens is 292 g/mol. The van der Waals surface area contributed by atoms with E-state index in [0.29, 0.717) is 11.1 Å². The van der Waals surface area contributed by atoms with E-state index in [0.717, 1.165) is 0 Å². The van der Waals surface area contributed by atoms with Crippen LogP contribution in [-0.4, -0.2) is 36.9 Å². The molecule has 0 saturated heterocycles. The minimum absolute atomic E-state index is 0.0575. The summed E-state index contributed by atoms with van der Waals surface area (Å²) in [6, 6.07) is 6.43. The van der Waals surface area contributed by atoms with Crippen molar-refractivity contribution in [2.45, 2.75) is 6.42 Å². The molecule has 8 nitrogen and oxygen atoms in total. The van der Waals surface area contributed by atoms with Crippen molar-refractivity contribution in [3.63, 3.8) is 0 Å². The Kier molecular flexibility index (Phi) is 4.84. The number of nitro benzene ring substituents is 1. The van der Waals surface area contributed by atoms with Crippen LogP contribution in [0.4, 0.5) is 5.69 Å². The monoisotopic (exact) mass is 306 g/mol. The predicted octanol–water partition coefficient (Wildman–Crippen LogP) is 1.84. The zero-order valence-corrected chi connectivity index (χ0v) is 12.1. The van der Waals surface area contributed by atoms with Gasteiger partial charge in [0.05, 0.1) is 24.1 Å². The third-order valence-electron chi connectivity index (χ3n) is 2.92. The number of benzene rings is 1. The van der Waals surface area contributed by atoms with E-state index in [1.165, 1.54) is 20.3 Å². The molecule has 0 N–H and O–H groups in total. The average Bonchev–Trinajstić information content (AvgIpc) is 2.51. The molecule has 0 radical (unpaired) electrons. The van der Waals surface area contributed by atoms with Crippen molar-refractivity contribution in [3.8, 4) is 5.75 Å². The van der Waals surface area contributed by atoms with Gasteiger partial charge in [-0.3, -0.25) is 14.9 Å². The highest BCUT2D eigenvalue weighted by molar-refractivity contribution is 5.90. The maximum atomic E-state index is 11.3. The van der Waals surface area contributed by atoms with Crippen LogP contribution in [-0.2, 0) is 20.7 Å². The van der Waals surface area contributed by atoms with E-state index in [-0.39, 0.29) is 30.2 Å². The smallest absolute Gasteiger partial charge is 0.336 e. The van der Waals surface area contributed by atoms with Gasteiger partial charge in [-0.05, 0) is 18.2 Å². The Morgan fingerprint density at radius 3 is 2.64 bits per heavy atom. The molecule has 0 aliphatic heterocycles. The fourth-order valence-corrected chi connectivity index (χ4v) is 1.93. The van der Waals surface area contributed by atoms with Crippen LogP contribution in [0.3, 0.4) is 0 Å². The second-order valence-corrected chi connectivity index (χ2v) is 4.35. The van der Waals surface area contributed by atoms with E-state index in [1.807, 2.05) is 0 Å². The number of ether oxygens (including phenoxy) is 3. The van der Waals surface area contributed by atoms with Crippen molar-refractivity contribution in [1.29, 1.82) is 0 Å². The number of carbonyl (C=O) groups excluding carboxylic acids is 1.